The highest BCUT2D eigenvalue weighted by molar-refractivity contribution is 7.18. The second-order valence-electron chi connectivity index (χ2n) is 6.46. The van der Waals surface area contributed by atoms with Gasteiger partial charge in [-0.1, -0.05) is 12.1 Å². The van der Waals surface area contributed by atoms with Gasteiger partial charge in [0, 0.05) is 6.54 Å². The minimum Gasteiger partial charge on any atom is -0.315 e. The third-order valence-electron chi connectivity index (χ3n) is 4.70. The lowest BCUT2D eigenvalue weighted by molar-refractivity contribution is 0.163. The van der Waals surface area contributed by atoms with E-state index in [2.05, 4.69) is 5.32 Å². The van der Waals surface area contributed by atoms with E-state index in [1.165, 1.54) is 12.1 Å². The van der Waals surface area contributed by atoms with Gasteiger partial charge in [0.2, 0.25) is 0 Å². The molecule has 3 aromatic rings. The summed E-state index contributed by atoms with van der Waals surface area (Å²) in [4.78, 5) is 19.4. The zero-order chi connectivity index (χ0) is 18.8. The number of piperidine rings is 1. The van der Waals surface area contributed by atoms with Gasteiger partial charge in [0.15, 0.2) is 0 Å². The molecule has 1 saturated heterocycles. The van der Waals surface area contributed by atoms with Crippen molar-refractivity contribution in [2.75, 3.05) is 11.9 Å². The number of thiazole rings is 1. The summed E-state index contributed by atoms with van der Waals surface area (Å²) in [5.74, 6) is -0.505. The maximum atomic E-state index is 13.3. The van der Waals surface area contributed by atoms with Crippen molar-refractivity contribution < 1.29 is 9.18 Å². The molecule has 1 atom stereocenters. The number of para-hydroxylation sites is 1. The fraction of sp³-hybridized carbons (Fsp3) is 0.250. The predicted octanol–water partition coefficient (Wildman–Crippen LogP) is 5.07. The lowest BCUT2D eigenvalue weighted by Crippen LogP contribution is -2.41. The summed E-state index contributed by atoms with van der Waals surface area (Å²) in [5.41, 5.74) is 1.36. The van der Waals surface area contributed by atoms with Crippen molar-refractivity contribution in [3.63, 3.8) is 0 Å². The van der Waals surface area contributed by atoms with Gasteiger partial charge in [-0.2, -0.15) is 5.26 Å². The normalized spacial score (nSPS) is 16.9. The van der Waals surface area contributed by atoms with Gasteiger partial charge in [-0.05, 0) is 49.6 Å². The van der Waals surface area contributed by atoms with Crippen molar-refractivity contribution >= 4 is 33.3 Å². The third-order valence-corrected chi connectivity index (χ3v) is 5.84. The Labute approximate surface area is 160 Å². The average Bonchev–Trinajstić information content (AvgIpc) is 3.13. The number of nitrogens with zero attached hydrogens (tertiary/aromatic N) is 3. The number of urea groups is 1. The summed E-state index contributed by atoms with van der Waals surface area (Å²) >= 11 is 1.61. The van der Waals surface area contributed by atoms with Crippen LogP contribution in [0.25, 0.3) is 10.2 Å². The Kier molecular flexibility index (Phi) is 4.73. The largest absolute Gasteiger partial charge is 0.322 e. The van der Waals surface area contributed by atoms with Crippen LogP contribution in [0.2, 0.25) is 0 Å². The predicted molar refractivity (Wildman–Crippen MR) is 103 cm³/mol. The number of likely N-dealkylation sites (tertiary alicyclic amines) is 1. The van der Waals surface area contributed by atoms with E-state index in [-0.39, 0.29) is 17.6 Å². The Balaban J connectivity index is 1.60. The zero-order valence-corrected chi connectivity index (χ0v) is 15.3. The number of aromatic nitrogens is 1. The van der Waals surface area contributed by atoms with E-state index in [9.17, 15) is 14.4 Å². The molecule has 0 bridgehead atoms. The van der Waals surface area contributed by atoms with E-state index >= 15 is 0 Å². The molecule has 5 nitrogen and oxygen atoms in total. The Morgan fingerprint density at radius 1 is 1.30 bits per heavy atom. The van der Waals surface area contributed by atoms with Crippen LogP contribution in [0.4, 0.5) is 14.9 Å². The minimum atomic E-state index is -0.505. The number of fused-ring (bicyclic) bond motifs is 1. The van der Waals surface area contributed by atoms with Crippen LogP contribution in [0.5, 0.6) is 0 Å². The van der Waals surface area contributed by atoms with E-state index in [0.29, 0.717) is 12.2 Å². The fourth-order valence-corrected chi connectivity index (χ4v) is 4.48. The molecule has 0 aliphatic carbocycles. The number of carbonyl (C=O) groups is 1. The van der Waals surface area contributed by atoms with Gasteiger partial charge >= 0.3 is 6.03 Å². The Bertz CT molecular complexity index is 1010. The monoisotopic (exact) mass is 380 g/mol. The summed E-state index contributed by atoms with van der Waals surface area (Å²) in [6.07, 6.45) is 2.80. The van der Waals surface area contributed by atoms with Crippen LogP contribution in [0.1, 0.15) is 35.9 Å². The molecule has 2 amide bonds. The second kappa shape index (κ2) is 7.33. The van der Waals surface area contributed by atoms with Gasteiger partial charge in [-0.25, -0.2) is 14.2 Å². The first-order valence-corrected chi connectivity index (χ1v) is 9.60. The molecule has 1 fully saturated rings. The lowest BCUT2D eigenvalue weighted by atomic mass is 10.0. The molecule has 0 spiro atoms. The summed E-state index contributed by atoms with van der Waals surface area (Å²) in [6, 6.07) is 13.2. The number of halogens is 1. The number of anilines is 1. The highest BCUT2D eigenvalue weighted by Gasteiger charge is 2.30. The molecule has 0 radical (unpaired) electrons. The van der Waals surface area contributed by atoms with Crippen molar-refractivity contribution in [2.24, 2.45) is 0 Å². The topological polar surface area (TPSA) is 69.0 Å². The van der Waals surface area contributed by atoms with Gasteiger partial charge in [-0.15, -0.1) is 11.3 Å². The number of hydrogen-bond donors (Lipinski definition) is 1. The Morgan fingerprint density at radius 3 is 2.96 bits per heavy atom. The maximum absolute atomic E-state index is 13.3. The van der Waals surface area contributed by atoms with E-state index in [4.69, 9.17) is 4.98 Å². The standard InChI is InChI=1S/C20H17FN4OS/c21-14-8-9-15(13(11-14)12-22)24-20(26)25-10-4-3-6-17(25)19-23-16-5-1-2-7-18(16)27-19/h1-2,5,7-9,11,17H,3-4,6,10H2,(H,24,26). The quantitative estimate of drug-likeness (QED) is 0.675. The molecule has 1 unspecified atom stereocenters. The Hall–Kier alpha value is -2.98. The molecule has 1 aliphatic heterocycles. The molecule has 2 heterocycles. The zero-order valence-electron chi connectivity index (χ0n) is 14.5. The molecule has 1 N–H and O–H groups in total. The molecule has 4 rings (SSSR count). The van der Waals surface area contributed by atoms with Crippen LogP contribution in [-0.4, -0.2) is 22.5 Å². The first-order valence-electron chi connectivity index (χ1n) is 8.78. The van der Waals surface area contributed by atoms with E-state index in [1.54, 1.807) is 16.2 Å². The van der Waals surface area contributed by atoms with Crippen LogP contribution >= 0.6 is 11.3 Å². The molecule has 1 aliphatic rings. The average molecular weight is 380 g/mol. The number of nitriles is 1. The summed E-state index contributed by atoms with van der Waals surface area (Å²) in [6.45, 7) is 0.621. The number of amides is 2. The van der Waals surface area contributed by atoms with Crippen molar-refractivity contribution in [3.05, 3.63) is 58.9 Å². The minimum absolute atomic E-state index is 0.0952. The van der Waals surface area contributed by atoms with Gasteiger partial charge < -0.3 is 10.2 Å². The first kappa shape index (κ1) is 17.4. The van der Waals surface area contributed by atoms with E-state index in [1.807, 2.05) is 30.3 Å². The molecule has 136 valence electrons. The van der Waals surface area contributed by atoms with Crippen LogP contribution in [0.15, 0.2) is 42.5 Å². The van der Waals surface area contributed by atoms with Gasteiger partial charge in [-0.3, -0.25) is 0 Å². The van der Waals surface area contributed by atoms with E-state index < -0.39 is 5.82 Å². The molecular weight excluding hydrogens is 363 g/mol. The number of hydrogen-bond acceptors (Lipinski definition) is 4. The lowest BCUT2D eigenvalue weighted by Gasteiger charge is -2.34. The number of carbonyl (C=O) groups excluding carboxylic acids is 1. The number of rotatable bonds is 2. The van der Waals surface area contributed by atoms with Crippen LogP contribution in [0, 0.1) is 17.1 Å². The number of nitrogens with one attached hydrogen (secondary N) is 1. The smallest absolute Gasteiger partial charge is 0.315 e. The second-order valence-corrected chi connectivity index (χ2v) is 7.52. The van der Waals surface area contributed by atoms with Crippen molar-refractivity contribution in [1.29, 1.82) is 5.26 Å². The van der Waals surface area contributed by atoms with Crippen LogP contribution in [-0.2, 0) is 0 Å². The van der Waals surface area contributed by atoms with Crippen LogP contribution in [0.3, 0.4) is 0 Å². The molecule has 2 aromatic carbocycles. The van der Waals surface area contributed by atoms with Crippen molar-refractivity contribution in [1.82, 2.24) is 9.88 Å². The molecule has 1 aromatic heterocycles. The molecule has 27 heavy (non-hydrogen) atoms. The molecular formula is C20H17FN4OS. The summed E-state index contributed by atoms with van der Waals surface area (Å²) < 4.78 is 14.4. The van der Waals surface area contributed by atoms with Crippen molar-refractivity contribution in [3.8, 4) is 6.07 Å². The summed E-state index contributed by atoms with van der Waals surface area (Å²) in [5, 5.41) is 12.9. The fourth-order valence-electron chi connectivity index (χ4n) is 3.37. The van der Waals surface area contributed by atoms with Gasteiger partial charge in [0.1, 0.15) is 16.9 Å². The first-order chi connectivity index (χ1) is 13.2. The van der Waals surface area contributed by atoms with Gasteiger partial charge in [0.05, 0.1) is 27.5 Å². The molecule has 0 saturated carbocycles. The van der Waals surface area contributed by atoms with Crippen molar-refractivity contribution in [2.45, 2.75) is 25.3 Å². The SMILES string of the molecule is N#Cc1cc(F)ccc1NC(=O)N1CCCCC1c1nc2ccccc2s1. The Morgan fingerprint density at radius 2 is 2.15 bits per heavy atom. The number of benzene rings is 2. The summed E-state index contributed by atoms with van der Waals surface area (Å²) in [7, 11) is 0. The third kappa shape index (κ3) is 3.49. The highest BCUT2D eigenvalue weighted by Crippen LogP contribution is 2.36. The van der Waals surface area contributed by atoms with Crippen LogP contribution < -0.4 is 5.32 Å². The highest BCUT2D eigenvalue weighted by atomic mass is 32.1. The maximum Gasteiger partial charge on any atom is 0.322 e. The van der Waals surface area contributed by atoms with E-state index in [0.717, 1.165) is 40.6 Å². The van der Waals surface area contributed by atoms with Gasteiger partial charge in [0.25, 0.3) is 0 Å². The molecule has 7 heteroatoms.